The van der Waals surface area contributed by atoms with Gasteiger partial charge in [0.2, 0.25) is 0 Å². The molecule has 4 heteroatoms. The SMILES string of the molecule is Cc1cnc(-c2cccc(N(c3cccc(-c4cc(-c5ccccc5)ccn4)c3)c3c(C)ccnc3C)c2)cc1-c1ccccc1. The monoisotopic (exact) mass is 594 g/mol. The number of aromatic nitrogens is 3. The molecule has 0 aliphatic heterocycles. The van der Waals surface area contributed by atoms with Gasteiger partial charge in [0.25, 0.3) is 0 Å². The number of rotatable bonds is 7. The van der Waals surface area contributed by atoms with Crippen molar-refractivity contribution >= 4 is 17.1 Å². The van der Waals surface area contributed by atoms with Gasteiger partial charge in [0.1, 0.15) is 0 Å². The maximum Gasteiger partial charge on any atom is 0.0709 e. The number of nitrogens with zero attached hydrogens (tertiary/aromatic N) is 4. The first kappa shape index (κ1) is 28.9. The Morgan fingerprint density at radius 2 is 1.02 bits per heavy atom. The Balaban J connectivity index is 1.34. The first-order valence-electron chi connectivity index (χ1n) is 15.5. The van der Waals surface area contributed by atoms with Crippen molar-refractivity contribution in [2.24, 2.45) is 0 Å². The lowest BCUT2D eigenvalue weighted by atomic mass is 9.99. The maximum atomic E-state index is 4.86. The van der Waals surface area contributed by atoms with Crippen LogP contribution in [0.5, 0.6) is 0 Å². The number of anilines is 3. The lowest BCUT2D eigenvalue weighted by Gasteiger charge is -2.29. The number of pyridine rings is 3. The molecule has 3 heterocycles. The number of hydrogen-bond donors (Lipinski definition) is 0. The van der Waals surface area contributed by atoms with E-state index < -0.39 is 0 Å². The topological polar surface area (TPSA) is 41.9 Å². The van der Waals surface area contributed by atoms with Crippen LogP contribution in [0.4, 0.5) is 17.1 Å². The number of benzene rings is 4. The van der Waals surface area contributed by atoms with Crippen molar-refractivity contribution in [1.29, 1.82) is 0 Å². The first-order valence-corrected chi connectivity index (χ1v) is 15.5. The Kier molecular flexibility index (Phi) is 7.92. The molecule has 0 saturated carbocycles. The Morgan fingerprint density at radius 3 is 1.67 bits per heavy atom. The van der Waals surface area contributed by atoms with Gasteiger partial charge < -0.3 is 4.90 Å². The van der Waals surface area contributed by atoms with Crippen molar-refractivity contribution in [3.05, 3.63) is 169 Å². The largest absolute Gasteiger partial charge is 0.308 e. The van der Waals surface area contributed by atoms with E-state index in [-0.39, 0.29) is 0 Å². The number of hydrogen-bond acceptors (Lipinski definition) is 4. The molecule has 0 unspecified atom stereocenters. The molecule has 222 valence electrons. The van der Waals surface area contributed by atoms with Gasteiger partial charge in [0, 0.05) is 41.1 Å². The van der Waals surface area contributed by atoms with Gasteiger partial charge in [-0.1, -0.05) is 84.9 Å². The average Bonchev–Trinajstić information content (AvgIpc) is 3.11. The third-order valence-electron chi connectivity index (χ3n) is 8.39. The zero-order chi connectivity index (χ0) is 31.5. The summed E-state index contributed by atoms with van der Waals surface area (Å²) in [5.74, 6) is 0. The molecule has 0 aliphatic carbocycles. The van der Waals surface area contributed by atoms with Crippen molar-refractivity contribution in [2.75, 3.05) is 4.90 Å². The van der Waals surface area contributed by atoms with Crippen molar-refractivity contribution < 1.29 is 0 Å². The highest BCUT2D eigenvalue weighted by atomic mass is 15.2. The summed E-state index contributed by atoms with van der Waals surface area (Å²) < 4.78 is 0. The van der Waals surface area contributed by atoms with E-state index in [1.165, 1.54) is 16.7 Å². The molecule has 7 aromatic rings. The van der Waals surface area contributed by atoms with Crippen molar-refractivity contribution in [2.45, 2.75) is 20.8 Å². The van der Waals surface area contributed by atoms with Gasteiger partial charge in [-0.05, 0) is 103 Å². The molecule has 0 radical (unpaired) electrons. The summed E-state index contributed by atoms with van der Waals surface area (Å²) >= 11 is 0. The van der Waals surface area contributed by atoms with Crippen LogP contribution < -0.4 is 4.90 Å². The van der Waals surface area contributed by atoms with Gasteiger partial charge in [-0.15, -0.1) is 0 Å². The van der Waals surface area contributed by atoms with Crippen LogP contribution in [-0.2, 0) is 0 Å². The standard InChI is InChI=1S/C42H34N4/c1-29-20-22-43-31(3)42(29)46(37-18-10-16-35(24-37)40-26-34(21-23-44-40)32-12-6-4-7-13-32)38-19-11-17-36(25-38)41-27-39(30(2)28-45-41)33-14-8-5-9-15-33/h4-28H,1-3H3. The first-order chi connectivity index (χ1) is 22.5. The van der Waals surface area contributed by atoms with Gasteiger partial charge in [-0.25, -0.2) is 0 Å². The summed E-state index contributed by atoms with van der Waals surface area (Å²) in [5, 5.41) is 0. The second-order valence-electron chi connectivity index (χ2n) is 11.5. The highest BCUT2D eigenvalue weighted by Crippen LogP contribution is 2.41. The highest BCUT2D eigenvalue weighted by Gasteiger charge is 2.19. The molecule has 0 atom stereocenters. The van der Waals surface area contributed by atoms with Gasteiger partial charge in [0.15, 0.2) is 0 Å². The quantitative estimate of drug-likeness (QED) is 0.184. The lowest BCUT2D eigenvalue weighted by molar-refractivity contribution is 1.12. The fourth-order valence-corrected chi connectivity index (χ4v) is 6.05. The minimum absolute atomic E-state index is 0.925. The molecular weight excluding hydrogens is 560 g/mol. The third kappa shape index (κ3) is 5.81. The molecule has 46 heavy (non-hydrogen) atoms. The molecule has 0 saturated heterocycles. The second kappa shape index (κ2) is 12.6. The van der Waals surface area contributed by atoms with Crippen LogP contribution in [0.25, 0.3) is 44.8 Å². The fraction of sp³-hybridized carbons (Fsp3) is 0.0714. The predicted molar refractivity (Wildman–Crippen MR) is 190 cm³/mol. The normalized spacial score (nSPS) is 10.9. The van der Waals surface area contributed by atoms with Crippen LogP contribution in [0.15, 0.2) is 152 Å². The molecule has 0 aliphatic rings. The Bertz CT molecular complexity index is 2120. The van der Waals surface area contributed by atoms with E-state index in [2.05, 4.69) is 147 Å². The fourth-order valence-electron chi connectivity index (χ4n) is 6.05. The smallest absolute Gasteiger partial charge is 0.0709 e. The van der Waals surface area contributed by atoms with Crippen LogP contribution in [0.2, 0.25) is 0 Å². The van der Waals surface area contributed by atoms with Gasteiger partial charge in [0.05, 0.1) is 22.8 Å². The lowest BCUT2D eigenvalue weighted by Crippen LogP contribution is -2.13. The van der Waals surface area contributed by atoms with Crippen LogP contribution >= 0.6 is 0 Å². The van der Waals surface area contributed by atoms with Crippen LogP contribution in [0.1, 0.15) is 16.8 Å². The van der Waals surface area contributed by atoms with Crippen molar-refractivity contribution in [3.63, 3.8) is 0 Å². The summed E-state index contributed by atoms with van der Waals surface area (Å²) in [7, 11) is 0. The summed E-state index contributed by atoms with van der Waals surface area (Å²) in [6, 6.07) is 46.6. The number of aryl methyl sites for hydroxylation is 3. The Hall–Kier alpha value is -5.87. The zero-order valence-electron chi connectivity index (χ0n) is 26.2. The molecule has 7 rings (SSSR count). The van der Waals surface area contributed by atoms with E-state index in [0.717, 1.165) is 62.0 Å². The van der Waals surface area contributed by atoms with Gasteiger partial charge in [-0.3, -0.25) is 15.0 Å². The van der Waals surface area contributed by atoms with E-state index >= 15 is 0 Å². The molecule has 4 aromatic carbocycles. The van der Waals surface area contributed by atoms with E-state index in [1.807, 2.05) is 30.7 Å². The highest BCUT2D eigenvalue weighted by molar-refractivity contribution is 5.84. The van der Waals surface area contributed by atoms with Crippen LogP contribution in [-0.4, -0.2) is 15.0 Å². The molecule has 0 spiro atoms. The summed E-state index contributed by atoms with van der Waals surface area (Å²) in [6.07, 6.45) is 5.73. The van der Waals surface area contributed by atoms with Gasteiger partial charge in [-0.2, -0.15) is 0 Å². The minimum atomic E-state index is 0.925. The average molecular weight is 595 g/mol. The van der Waals surface area contributed by atoms with Gasteiger partial charge >= 0.3 is 0 Å². The van der Waals surface area contributed by atoms with E-state index in [1.54, 1.807) is 0 Å². The molecule has 0 fully saturated rings. The van der Waals surface area contributed by atoms with E-state index in [0.29, 0.717) is 0 Å². The van der Waals surface area contributed by atoms with E-state index in [9.17, 15) is 0 Å². The zero-order valence-corrected chi connectivity index (χ0v) is 26.2. The molecule has 0 bridgehead atoms. The molecule has 3 aromatic heterocycles. The maximum absolute atomic E-state index is 4.86. The molecule has 4 nitrogen and oxygen atoms in total. The summed E-state index contributed by atoms with van der Waals surface area (Å²) in [6.45, 7) is 6.33. The van der Waals surface area contributed by atoms with E-state index in [4.69, 9.17) is 15.0 Å². The molecule has 0 N–H and O–H groups in total. The summed E-state index contributed by atoms with van der Waals surface area (Å²) in [5.41, 5.74) is 15.0. The Morgan fingerprint density at radius 1 is 0.435 bits per heavy atom. The second-order valence-corrected chi connectivity index (χ2v) is 11.5. The molecular formula is C42H34N4. The third-order valence-corrected chi connectivity index (χ3v) is 8.39. The van der Waals surface area contributed by atoms with Crippen molar-refractivity contribution in [3.8, 4) is 44.8 Å². The van der Waals surface area contributed by atoms with Crippen LogP contribution in [0.3, 0.4) is 0 Å². The predicted octanol–water partition coefficient (Wildman–Crippen LogP) is 10.9. The minimum Gasteiger partial charge on any atom is -0.308 e. The Labute approximate surface area is 270 Å². The van der Waals surface area contributed by atoms with Crippen LogP contribution in [0, 0.1) is 20.8 Å². The summed E-state index contributed by atoms with van der Waals surface area (Å²) in [4.78, 5) is 16.6. The molecule has 0 amide bonds. The van der Waals surface area contributed by atoms with Crippen molar-refractivity contribution in [1.82, 2.24) is 15.0 Å².